The van der Waals surface area contributed by atoms with Crippen molar-refractivity contribution in [1.29, 1.82) is 0 Å². The Balaban J connectivity index is 1.86. The first-order valence-electron chi connectivity index (χ1n) is 8.91. The maximum Gasteiger partial charge on any atom is 0.224 e. The summed E-state index contributed by atoms with van der Waals surface area (Å²) in [6.45, 7) is 8.07. The van der Waals surface area contributed by atoms with Crippen molar-refractivity contribution in [3.63, 3.8) is 0 Å². The quantitative estimate of drug-likeness (QED) is 0.612. The van der Waals surface area contributed by atoms with Gasteiger partial charge in [-0.3, -0.25) is 0 Å². The van der Waals surface area contributed by atoms with Gasteiger partial charge in [-0.25, -0.2) is 4.99 Å². The molecule has 2 heterocycles. The lowest BCUT2D eigenvalue weighted by Crippen LogP contribution is -2.42. The molecular weight excluding hydrogens is 357 g/mol. The van der Waals surface area contributed by atoms with E-state index in [9.17, 15) is 0 Å². The Labute approximate surface area is 159 Å². The molecule has 5 nitrogen and oxygen atoms in total. The van der Waals surface area contributed by atoms with Crippen LogP contribution in [0.2, 0.25) is 10.0 Å². The number of rotatable bonds is 2. The molecule has 1 fully saturated rings. The standard InChI is InChI=1S/C18H25Cl2N5/c1-13(2)25-11-8-21-17(25)23-18(24-9-4-3-5-10-24)22-14-6-7-15(19)16(20)12-14/h6-7,12-13H,3-5,8-11H2,1-2H3,(H,21,22,23). The fourth-order valence-corrected chi connectivity index (χ4v) is 3.42. The molecule has 0 spiro atoms. The molecule has 0 radical (unpaired) electrons. The Hall–Kier alpha value is -1.46. The number of guanidine groups is 2. The Kier molecular flexibility index (Phi) is 6.07. The van der Waals surface area contributed by atoms with E-state index in [4.69, 9.17) is 28.2 Å². The molecule has 25 heavy (non-hydrogen) atoms. The minimum Gasteiger partial charge on any atom is -0.342 e. The van der Waals surface area contributed by atoms with Crippen LogP contribution in [0.3, 0.4) is 0 Å². The number of benzene rings is 1. The van der Waals surface area contributed by atoms with E-state index in [2.05, 4.69) is 34.0 Å². The highest BCUT2D eigenvalue weighted by atomic mass is 35.5. The van der Waals surface area contributed by atoms with Gasteiger partial charge in [0.05, 0.1) is 16.6 Å². The van der Waals surface area contributed by atoms with Gasteiger partial charge in [-0.05, 0) is 51.3 Å². The van der Waals surface area contributed by atoms with Gasteiger partial charge < -0.3 is 15.1 Å². The van der Waals surface area contributed by atoms with Crippen molar-refractivity contribution < 1.29 is 0 Å². The summed E-state index contributed by atoms with van der Waals surface area (Å²) < 4.78 is 0. The summed E-state index contributed by atoms with van der Waals surface area (Å²) in [5.74, 6) is 1.65. The number of piperidine rings is 1. The molecule has 0 bridgehead atoms. The number of hydrogen-bond donors (Lipinski definition) is 1. The van der Waals surface area contributed by atoms with Crippen molar-refractivity contribution in [3.05, 3.63) is 28.2 Å². The van der Waals surface area contributed by atoms with Crippen LogP contribution >= 0.6 is 23.2 Å². The van der Waals surface area contributed by atoms with Crippen molar-refractivity contribution in [2.24, 2.45) is 9.98 Å². The predicted molar refractivity (Wildman–Crippen MR) is 107 cm³/mol. The first kappa shape index (κ1) is 18.3. The molecule has 2 aliphatic heterocycles. The third-order valence-electron chi connectivity index (χ3n) is 4.51. The Morgan fingerprint density at radius 1 is 1.12 bits per heavy atom. The van der Waals surface area contributed by atoms with Crippen LogP contribution in [0.1, 0.15) is 33.1 Å². The lowest BCUT2D eigenvalue weighted by molar-refractivity contribution is 0.340. The normalized spacial score (nSPS) is 18.8. The summed E-state index contributed by atoms with van der Waals surface area (Å²) in [6, 6.07) is 5.94. The zero-order chi connectivity index (χ0) is 17.8. The number of nitrogens with zero attached hydrogens (tertiary/aromatic N) is 4. The van der Waals surface area contributed by atoms with Gasteiger partial charge in [0.2, 0.25) is 11.9 Å². The largest absolute Gasteiger partial charge is 0.342 e. The fraction of sp³-hybridized carbons (Fsp3) is 0.556. The minimum absolute atomic E-state index is 0.387. The first-order valence-corrected chi connectivity index (χ1v) is 9.67. The van der Waals surface area contributed by atoms with Crippen LogP contribution in [0.5, 0.6) is 0 Å². The van der Waals surface area contributed by atoms with Crippen molar-refractivity contribution in [2.45, 2.75) is 39.2 Å². The van der Waals surface area contributed by atoms with Gasteiger partial charge in [0.15, 0.2) is 0 Å². The molecular formula is C18H25Cl2N5. The van der Waals surface area contributed by atoms with E-state index >= 15 is 0 Å². The molecule has 0 unspecified atom stereocenters. The third-order valence-corrected chi connectivity index (χ3v) is 5.25. The van der Waals surface area contributed by atoms with E-state index in [-0.39, 0.29) is 0 Å². The third kappa shape index (κ3) is 4.59. The molecule has 0 amide bonds. The zero-order valence-corrected chi connectivity index (χ0v) is 16.3. The summed E-state index contributed by atoms with van der Waals surface area (Å²) in [5, 5.41) is 4.51. The summed E-state index contributed by atoms with van der Waals surface area (Å²) in [6.07, 6.45) is 3.64. The van der Waals surface area contributed by atoms with Gasteiger partial charge in [-0.1, -0.05) is 23.2 Å². The Morgan fingerprint density at radius 3 is 2.56 bits per heavy atom. The van der Waals surface area contributed by atoms with E-state index in [0.717, 1.165) is 43.8 Å². The molecule has 1 saturated heterocycles. The van der Waals surface area contributed by atoms with Gasteiger partial charge >= 0.3 is 0 Å². The van der Waals surface area contributed by atoms with Crippen LogP contribution in [0.15, 0.2) is 28.2 Å². The number of aliphatic imine (C=N–C) groups is 2. The van der Waals surface area contributed by atoms with E-state index < -0.39 is 0 Å². The second-order valence-electron chi connectivity index (χ2n) is 6.71. The van der Waals surface area contributed by atoms with Gasteiger partial charge in [0.25, 0.3) is 0 Å². The summed E-state index contributed by atoms with van der Waals surface area (Å²) in [7, 11) is 0. The summed E-state index contributed by atoms with van der Waals surface area (Å²) in [5.41, 5.74) is 0.883. The summed E-state index contributed by atoms with van der Waals surface area (Å²) >= 11 is 12.2. The lowest BCUT2D eigenvalue weighted by atomic mass is 10.1. The maximum absolute atomic E-state index is 6.16. The van der Waals surface area contributed by atoms with E-state index in [1.54, 1.807) is 6.07 Å². The average Bonchev–Trinajstić information content (AvgIpc) is 3.07. The van der Waals surface area contributed by atoms with Crippen molar-refractivity contribution in [1.82, 2.24) is 9.80 Å². The van der Waals surface area contributed by atoms with Gasteiger partial charge in [0.1, 0.15) is 0 Å². The fourth-order valence-electron chi connectivity index (χ4n) is 3.12. The summed E-state index contributed by atoms with van der Waals surface area (Å²) in [4.78, 5) is 14.0. The molecule has 1 aromatic carbocycles. The molecule has 1 N–H and O–H groups in total. The molecule has 1 aromatic rings. The van der Waals surface area contributed by atoms with Gasteiger partial charge in [-0.2, -0.15) is 4.99 Å². The predicted octanol–water partition coefficient (Wildman–Crippen LogP) is 4.33. The number of anilines is 1. The van der Waals surface area contributed by atoms with Crippen LogP contribution in [-0.4, -0.2) is 53.9 Å². The monoisotopic (exact) mass is 381 g/mol. The highest BCUT2D eigenvalue weighted by Gasteiger charge is 2.22. The van der Waals surface area contributed by atoms with Crippen LogP contribution in [0, 0.1) is 0 Å². The number of hydrogen-bond acceptors (Lipinski definition) is 3. The van der Waals surface area contributed by atoms with Crippen molar-refractivity contribution in [2.75, 3.05) is 31.5 Å². The molecule has 0 saturated carbocycles. The van der Waals surface area contributed by atoms with Gasteiger partial charge in [0, 0.05) is 31.4 Å². The smallest absolute Gasteiger partial charge is 0.224 e. The van der Waals surface area contributed by atoms with Crippen molar-refractivity contribution >= 4 is 40.8 Å². The highest BCUT2D eigenvalue weighted by Crippen LogP contribution is 2.25. The highest BCUT2D eigenvalue weighted by molar-refractivity contribution is 6.42. The number of likely N-dealkylation sites (tertiary alicyclic amines) is 1. The molecule has 0 atom stereocenters. The molecule has 7 heteroatoms. The van der Waals surface area contributed by atoms with Crippen LogP contribution in [0.4, 0.5) is 5.69 Å². The lowest BCUT2D eigenvalue weighted by Gasteiger charge is -2.31. The van der Waals surface area contributed by atoms with Gasteiger partial charge in [-0.15, -0.1) is 0 Å². The van der Waals surface area contributed by atoms with Crippen LogP contribution in [0.25, 0.3) is 0 Å². The van der Waals surface area contributed by atoms with E-state index in [1.165, 1.54) is 19.3 Å². The Morgan fingerprint density at radius 2 is 1.88 bits per heavy atom. The topological polar surface area (TPSA) is 43.2 Å². The second-order valence-corrected chi connectivity index (χ2v) is 7.52. The maximum atomic E-state index is 6.16. The molecule has 0 aliphatic carbocycles. The van der Waals surface area contributed by atoms with E-state index in [1.807, 2.05) is 12.1 Å². The molecule has 2 aliphatic rings. The number of halogens is 2. The molecule has 0 aromatic heterocycles. The average molecular weight is 382 g/mol. The second kappa shape index (κ2) is 8.28. The molecule has 3 rings (SSSR count). The zero-order valence-electron chi connectivity index (χ0n) is 14.8. The minimum atomic E-state index is 0.387. The molecule has 136 valence electrons. The SMILES string of the molecule is CC(C)N1CCN=C1N=C(Nc1ccc(Cl)c(Cl)c1)N1CCCCC1. The van der Waals surface area contributed by atoms with Crippen LogP contribution in [-0.2, 0) is 0 Å². The Bertz CT molecular complexity index is 665. The van der Waals surface area contributed by atoms with Crippen molar-refractivity contribution in [3.8, 4) is 0 Å². The van der Waals surface area contributed by atoms with Crippen LogP contribution < -0.4 is 5.32 Å². The first-order chi connectivity index (χ1) is 12.0. The number of nitrogens with one attached hydrogen (secondary N) is 1. The van der Waals surface area contributed by atoms with E-state index in [0.29, 0.717) is 16.1 Å².